The predicted molar refractivity (Wildman–Crippen MR) is 79.5 cm³/mol. The van der Waals surface area contributed by atoms with Crippen LogP contribution in [0.2, 0.25) is 0 Å². The van der Waals surface area contributed by atoms with Crippen molar-refractivity contribution >= 4 is 48.7 Å². The molecular formula is C12H10BrNO3S2. The number of thiophene rings is 1. The van der Waals surface area contributed by atoms with Crippen LogP contribution < -0.4 is 5.32 Å². The molecule has 0 saturated carbocycles. The molecule has 2 aromatic rings. The zero-order valence-corrected chi connectivity index (χ0v) is 13.1. The normalized spacial score (nSPS) is 11.3. The maximum absolute atomic E-state index is 12.0. The van der Waals surface area contributed by atoms with Gasteiger partial charge in [0.2, 0.25) is 0 Å². The van der Waals surface area contributed by atoms with Crippen molar-refractivity contribution in [3.63, 3.8) is 0 Å². The van der Waals surface area contributed by atoms with Gasteiger partial charge in [0, 0.05) is 6.26 Å². The molecule has 0 atom stereocenters. The van der Waals surface area contributed by atoms with Crippen LogP contribution in [-0.2, 0) is 9.84 Å². The Labute approximate surface area is 123 Å². The predicted octanol–water partition coefficient (Wildman–Crippen LogP) is 3.17. The monoisotopic (exact) mass is 359 g/mol. The minimum absolute atomic E-state index is 0.110. The summed E-state index contributed by atoms with van der Waals surface area (Å²) in [6, 6.07) is 9.77. The number of halogens is 1. The maximum atomic E-state index is 12.0. The summed E-state index contributed by atoms with van der Waals surface area (Å²) in [5.74, 6) is -0.327. The Hall–Kier alpha value is -1.18. The van der Waals surface area contributed by atoms with Crippen molar-refractivity contribution < 1.29 is 13.2 Å². The number of benzene rings is 1. The molecule has 1 amide bonds. The molecule has 0 aliphatic heterocycles. The summed E-state index contributed by atoms with van der Waals surface area (Å²) >= 11 is 4.56. The number of hydrogen-bond donors (Lipinski definition) is 1. The van der Waals surface area contributed by atoms with Gasteiger partial charge in [-0.1, -0.05) is 12.1 Å². The highest BCUT2D eigenvalue weighted by atomic mass is 79.9. The topological polar surface area (TPSA) is 63.2 Å². The van der Waals surface area contributed by atoms with Crippen LogP contribution in [0.25, 0.3) is 0 Å². The number of nitrogens with one attached hydrogen (secondary N) is 1. The summed E-state index contributed by atoms with van der Waals surface area (Å²) in [4.78, 5) is 12.6. The molecule has 0 saturated heterocycles. The Balaban J connectivity index is 2.32. The Bertz CT molecular complexity index is 722. The fraction of sp³-hybridized carbons (Fsp3) is 0.0833. The second-order valence-corrected chi connectivity index (χ2v) is 8.27. The highest BCUT2D eigenvalue weighted by Gasteiger charge is 2.16. The van der Waals surface area contributed by atoms with E-state index in [9.17, 15) is 13.2 Å². The Morgan fingerprint density at radius 3 is 2.47 bits per heavy atom. The summed E-state index contributed by atoms with van der Waals surface area (Å²) < 4.78 is 24.1. The van der Waals surface area contributed by atoms with Crippen LogP contribution >= 0.6 is 27.3 Å². The maximum Gasteiger partial charge on any atom is 0.265 e. The molecule has 0 spiro atoms. The summed E-state index contributed by atoms with van der Waals surface area (Å²) in [5.41, 5.74) is 0.291. The first-order valence-electron chi connectivity index (χ1n) is 5.24. The van der Waals surface area contributed by atoms with E-state index in [1.54, 1.807) is 30.3 Å². The summed E-state index contributed by atoms with van der Waals surface area (Å²) in [6.07, 6.45) is 1.11. The van der Waals surface area contributed by atoms with Gasteiger partial charge in [-0.25, -0.2) is 8.42 Å². The van der Waals surface area contributed by atoms with Crippen LogP contribution in [0.1, 0.15) is 9.67 Å². The van der Waals surface area contributed by atoms with Crippen molar-refractivity contribution in [2.45, 2.75) is 4.90 Å². The first-order valence-corrected chi connectivity index (χ1v) is 8.74. The number of amides is 1. The van der Waals surface area contributed by atoms with Gasteiger partial charge in [0.1, 0.15) is 0 Å². The van der Waals surface area contributed by atoms with E-state index in [-0.39, 0.29) is 10.8 Å². The zero-order valence-electron chi connectivity index (χ0n) is 9.88. The lowest BCUT2D eigenvalue weighted by atomic mass is 10.3. The number of anilines is 1. The Kier molecular flexibility index (Phi) is 4.07. The fourth-order valence-corrected chi connectivity index (χ4v) is 3.64. The molecular weight excluding hydrogens is 350 g/mol. The SMILES string of the molecule is CS(=O)(=O)c1ccccc1NC(=O)c1ccc(Br)s1. The quantitative estimate of drug-likeness (QED) is 0.915. The Morgan fingerprint density at radius 1 is 1.21 bits per heavy atom. The second kappa shape index (κ2) is 5.44. The first-order chi connectivity index (χ1) is 8.88. The molecule has 1 heterocycles. The van der Waals surface area contributed by atoms with Crippen LogP contribution in [-0.4, -0.2) is 20.6 Å². The van der Waals surface area contributed by atoms with Gasteiger partial charge in [0.05, 0.1) is 19.2 Å². The van der Waals surface area contributed by atoms with Gasteiger partial charge in [-0.15, -0.1) is 11.3 Å². The molecule has 0 bridgehead atoms. The van der Waals surface area contributed by atoms with Crippen LogP contribution in [0.4, 0.5) is 5.69 Å². The van der Waals surface area contributed by atoms with E-state index in [1.807, 2.05) is 0 Å². The molecule has 0 unspecified atom stereocenters. The molecule has 1 aromatic heterocycles. The smallest absolute Gasteiger partial charge is 0.265 e. The number of carbonyl (C=O) groups excluding carboxylic acids is 1. The number of carbonyl (C=O) groups is 1. The van der Waals surface area contributed by atoms with Gasteiger partial charge in [-0.3, -0.25) is 4.79 Å². The number of para-hydroxylation sites is 1. The fourth-order valence-electron chi connectivity index (χ4n) is 1.51. The minimum Gasteiger partial charge on any atom is -0.320 e. The zero-order chi connectivity index (χ0) is 14.0. The standard InChI is InChI=1S/C12H10BrNO3S2/c1-19(16,17)10-5-3-2-4-8(10)14-12(15)9-6-7-11(13)18-9/h2-7H,1H3,(H,14,15). The lowest BCUT2D eigenvalue weighted by Crippen LogP contribution is -2.13. The second-order valence-electron chi connectivity index (χ2n) is 3.83. The molecule has 0 radical (unpaired) electrons. The van der Waals surface area contributed by atoms with E-state index < -0.39 is 9.84 Å². The van der Waals surface area contributed by atoms with Gasteiger partial charge < -0.3 is 5.32 Å². The van der Waals surface area contributed by atoms with Crippen LogP contribution in [0.15, 0.2) is 45.1 Å². The molecule has 1 aromatic carbocycles. The highest BCUT2D eigenvalue weighted by Crippen LogP contribution is 2.25. The molecule has 19 heavy (non-hydrogen) atoms. The lowest BCUT2D eigenvalue weighted by molar-refractivity contribution is 0.103. The minimum atomic E-state index is -3.38. The molecule has 0 aliphatic rings. The van der Waals surface area contributed by atoms with Gasteiger partial charge >= 0.3 is 0 Å². The van der Waals surface area contributed by atoms with E-state index in [0.29, 0.717) is 10.6 Å². The third-order valence-corrected chi connectivity index (χ3v) is 5.11. The number of sulfone groups is 1. The van der Waals surface area contributed by atoms with Crippen molar-refractivity contribution in [2.24, 2.45) is 0 Å². The molecule has 2 rings (SSSR count). The van der Waals surface area contributed by atoms with E-state index in [1.165, 1.54) is 17.4 Å². The molecule has 1 N–H and O–H groups in total. The third-order valence-electron chi connectivity index (χ3n) is 2.33. The third kappa shape index (κ3) is 3.43. The van der Waals surface area contributed by atoms with E-state index in [4.69, 9.17) is 0 Å². The molecule has 100 valence electrons. The average Bonchev–Trinajstić information content (AvgIpc) is 2.75. The van der Waals surface area contributed by atoms with Gasteiger partial charge in [0.15, 0.2) is 9.84 Å². The Morgan fingerprint density at radius 2 is 1.89 bits per heavy atom. The van der Waals surface area contributed by atoms with Crippen molar-refractivity contribution in [3.05, 3.63) is 45.1 Å². The van der Waals surface area contributed by atoms with E-state index in [2.05, 4.69) is 21.2 Å². The van der Waals surface area contributed by atoms with E-state index >= 15 is 0 Å². The average molecular weight is 360 g/mol. The van der Waals surface area contributed by atoms with Crippen LogP contribution in [0.5, 0.6) is 0 Å². The first kappa shape index (κ1) is 14.2. The van der Waals surface area contributed by atoms with Gasteiger partial charge in [-0.2, -0.15) is 0 Å². The van der Waals surface area contributed by atoms with Crippen LogP contribution in [0, 0.1) is 0 Å². The molecule has 0 fully saturated rings. The largest absolute Gasteiger partial charge is 0.320 e. The van der Waals surface area contributed by atoms with Crippen molar-refractivity contribution in [1.29, 1.82) is 0 Å². The summed E-state index contributed by atoms with van der Waals surface area (Å²) in [5, 5.41) is 2.62. The molecule has 7 heteroatoms. The summed E-state index contributed by atoms with van der Waals surface area (Å²) in [6.45, 7) is 0. The van der Waals surface area contributed by atoms with Gasteiger partial charge in [0.25, 0.3) is 5.91 Å². The summed E-state index contributed by atoms with van der Waals surface area (Å²) in [7, 11) is -3.38. The molecule has 0 aliphatic carbocycles. The van der Waals surface area contributed by atoms with Crippen LogP contribution in [0.3, 0.4) is 0 Å². The lowest BCUT2D eigenvalue weighted by Gasteiger charge is -2.08. The van der Waals surface area contributed by atoms with E-state index in [0.717, 1.165) is 10.0 Å². The highest BCUT2D eigenvalue weighted by molar-refractivity contribution is 9.11. The number of rotatable bonds is 3. The van der Waals surface area contributed by atoms with Crippen molar-refractivity contribution in [2.75, 3.05) is 11.6 Å². The van der Waals surface area contributed by atoms with Crippen molar-refractivity contribution in [3.8, 4) is 0 Å². The molecule has 4 nitrogen and oxygen atoms in total. The number of hydrogen-bond acceptors (Lipinski definition) is 4. The van der Waals surface area contributed by atoms with Crippen molar-refractivity contribution in [1.82, 2.24) is 0 Å². The van der Waals surface area contributed by atoms with Gasteiger partial charge in [-0.05, 0) is 40.2 Å².